The van der Waals surface area contributed by atoms with Gasteiger partial charge in [0.05, 0.1) is 19.2 Å². The lowest BCUT2D eigenvalue weighted by Crippen LogP contribution is -2.59. The minimum atomic E-state index is -1.06. The van der Waals surface area contributed by atoms with Gasteiger partial charge in [0.15, 0.2) is 0 Å². The van der Waals surface area contributed by atoms with Crippen LogP contribution >= 0.6 is 0 Å². The van der Waals surface area contributed by atoms with Crippen LogP contribution in [-0.2, 0) is 17.9 Å². The van der Waals surface area contributed by atoms with E-state index in [2.05, 4.69) is 29.1 Å². The maximum atomic E-state index is 14.3. The van der Waals surface area contributed by atoms with Crippen LogP contribution in [0.5, 0.6) is 5.75 Å². The van der Waals surface area contributed by atoms with Crippen LogP contribution in [0.3, 0.4) is 0 Å². The van der Waals surface area contributed by atoms with Crippen LogP contribution in [0.25, 0.3) is 0 Å². The number of aromatic nitrogens is 2. The van der Waals surface area contributed by atoms with Gasteiger partial charge in [-0.1, -0.05) is 18.2 Å². The van der Waals surface area contributed by atoms with E-state index in [1.807, 2.05) is 26.0 Å². The third-order valence-electron chi connectivity index (χ3n) is 7.40. The van der Waals surface area contributed by atoms with Crippen LogP contribution in [0.1, 0.15) is 39.2 Å². The first-order valence-corrected chi connectivity index (χ1v) is 13.2. The van der Waals surface area contributed by atoms with E-state index in [0.717, 1.165) is 11.3 Å². The molecule has 0 bridgehead atoms. The highest BCUT2D eigenvalue weighted by atomic mass is 19.1. The van der Waals surface area contributed by atoms with Gasteiger partial charge in [-0.25, -0.2) is 9.18 Å². The number of nitrogens with zero attached hydrogens (tertiary/aromatic N) is 5. The first kappa shape index (κ1) is 25.9. The molecule has 0 aliphatic carbocycles. The lowest BCUT2D eigenvalue weighted by Gasteiger charge is -2.45. The molecular weight excluding hydrogens is 485 g/mol. The van der Waals surface area contributed by atoms with Gasteiger partial charge in [-0.3, -0.25) is 24.2 Å². The van der Waals surface area contributed by atoms with Crippen LogP contribution in [0.15, 0.2) is 67.0 Å². The minimum Gasteiger partial charge on any atom is -0.491 e. The van der Waals surface area contributed by atoms with Crippen LogP contribution in [0.4, 0.5) is 14.9 Å². The number of carbonyl (C=O) groups is 2. The zero-order chi connectivity index (χ0) is 26.9. The van der Waals surface area contributed by atoms with E-state index in [1.165, 1.54) is 21.9 Å². The summed E-state index contributed by atoms with van der Waals surface area (Å²) in [4.78, 5) is 32.9. The van der Waals surface area contributed by atoms with E-state index >= 15 is 0 Å². The smallest absolute Gasteiger partial charge is 0.332 e. The molecule has 200 valence electrons. The second-order valence-corrected chi connectivity index (χ2v) is 10.4. The molecule has 2 atom stereocenters. The fraction of sp³-hybridized carbons (Fsp3) is 0.414. The molecule has 0 N–H and O–H groups in total. The van der Waals surface area contributed by atoms with Crippen molar-refractivity contribution in [2.75, 3.05) is 18.0 Å². The number of amides is 3. The molecule has 3 amide bonds. The van der Waals surface area contributed by atoms with Crippen molar-refractivity contribution in [2.24, 2.45) is 0 Å². The van der Waals surface area contributed by atoms with Crippen molar-refractivity contribution in [1.82, 2.24) is 19.6 Å². The summed E-state index contributed by atoms with van der Waals surface area (Å²) in [5.74, 6) is 0.167. The number of hydrogen-bond acceptors (Lipinski definition) is 5. The zero-order valence-electron chi connectivity index (χ0n) is 22.1. The largest absolute Gasteiger partial charge is 0.491 e. The Balaban J connectivity index is 1.39. The zero-order valence-corrected chi connectivity index (χ0v) is 22.1. The van der Waals surface area contributed by atoms with Gasteiger partial charge < -0.3 is 4.74 Å². The summed E-state index contributed by atoms with van der Waals surface area (Å²) >= 11 is 0. The number of hydrogen-bond donors (Lipinski definition) is 0. The average Bonchev–Trinajstić information content (AvgIpc) is 3.45. The van der Waals surface area contributed by atoms with Crippen molar-refractivity contribution in [3.05, 3.63) is 78.4 Å². The topological polar surface area (TPSA) is 70.9 Å². The van der Waals surface area contributed by atoms with Gasteiger partial charge in [-0.05, 0) is 75.6 Å². The Kier molecular flexibility index (Phi) is 7.21. The van der Waals surface area contributed by atoms with Crippen LogP contribution < -0.4 is 9.64 Å². The van der Waals surface area contributed by atoms with Crippen LogP contribution in [-0.4, -0.2) is 62.3 Å². The molecule has 9 heteroatoms. The molecule has 3 aromatic rings. The molecule has 0 radical (unpaired) electrons. The number of ether oxygens (including phenoxy) is 1. The molecule has 1 aromatic heterocycles. The number of rotatable bonds is 8. The van der Waals surface area contributed by atoms with Crippen molar-refractivity contribution in [2.45, 2.75) is 64.4 Å². The number of urea groups is 1. The summed E-state index contributed by atoms with van der Waals surface area (Å²) in [6, 6.07) is 15.4. The highest BCUT2D eigenvalue weighted by molar-refractivity contribution is 6.17. The highest BCUT2D eigenvalue weighted by Gasteiger charge is 2.59. The third kappa shape index (κ3) is 5.03. The first-order valence-electron chi connectivity index (χ1n) is 13.2. The average molecular weight is 520 g/mol. The molecule has 5 rings (SSSR count). The molecule has 2 aliphatic rings. The lowest BCUT2D eigenvalue weighted by atomic mass is 9.81. The Labute approximate surface area is 222 Å². The maximum absolute atomic E-state index is 14.3. The van der Waals surface area contributed by atoms with Crippen LogP contribution in [0.2, 0.25) is 0 Å². The van der Waals surface area contributed by atoms with Crippen molar-refractivity contribution in [3.63, 3.8) is 0 Å². The van der Waals surface area contributed by atoms with Gasteiger partial charge in [-0.2, -0.15) is 5.10 Å². The van der Waals surface area contributed by atoms with Crippen molar-refractivity contribution >= 4 is 17.6 Å². The van der Waals surface area contributed by atoms with E-state index in [4.69, 9.17) is 4.74 Å². The van der Waals surface area contributed by atoms with Gasteiger partial charge in [0, 0.05) is 37.2 Å². The summed E-state index contributed by atoms with van der Waals surface area (Å²) in [5.41, 5.74) is 0.472. The molecule has 0 saturated carbocycles. The van der Waals surface area contributed by atoms with Gasteiger partial charge in [0.25, 0.3) is 5.91 Å². The normalized spacial score (nSPS) is 22.2. The maximum Gasteiger partial charge on any atom is 0.332 e. The van der Waals surface area contributed by atoms with Gasteiger partial charge in [-0.15, -0.1) is 0 Å². The fourth-order valence-corrected chi connectivity index (χ4v) is 5.67. The SMILES string of the molecule is CC(C)Oc1cccc(CN2CCC3(C[C@@H]2C)C(=O)N(CCn2cccn2)C(=O)N3c2cccc(F)c2)c1. The van der Waals surface area contributed by atoms with E-state index in [0.29, 0.717) is 38.2 Å². The van der Waals surface area contributed by atoms with Gasteiger partial charge in [0.1, 0.15) is 17.1 Å². The number of piperidine rings is 1. The van der Waals surface area contributed by atoms with Gasteiger partial charge in [0.2, 0.25) is 0 Å². The molecule has 1 unspecified atom stereocenters. The molecule has 1 spiro atoms. The molecule has 2 saturated heterocycles. The molecule has 8 nitrogen and oxygen atoms in total. The predicted octanol–water partition coefficient (Wildman–Crippen LogP) is 4.70. The predicted molar refractivity (Wildman–Crippen MR) is 142 cm³/mol. The first-order chi connectivity index (χ1) is 18.3. The highest BCUT2D eigenvalue weighted by Crippen LogP contribution is 2.43. The standard InChI is InChI=1S/C29H34FN5O3/c1-21(2)38-26-10-4-7-23(17-26)20-32-14-11-29(19-22(32)3)27(36)34(16-15-33-13-6-12-31-33)28(37)35(29)25-9-5-8-24(30)18-25/h4-10,12-13,17-18,21-22H,11,14-16,19-20H2,1-3H3/t22-,29?/m0/s1. The molecule has 38 heavy (non-hydrogen) atoms. The minimum absolute atomic E-state index is 0.0114. The summed E-state index contributed by atoms with van der Waals surface area (Å²) in [6.07, 6.45) is 4.46. The Bertz CT molecular complexity index is 1300. The van der Waals surface area contributed by atoms with Crippen LogP contribution in [0, 0.1) is 5.82 Å². The molecule has 3 heterocycles. The number of likely N-dealkylation sites (tertiary alicyclic amines) is 1. The van der Waals surface area contributed by atoms with Crippen molar-refractivity contribution in [3.8, 4) is 5.75 Å². The lowest BCUT2D eigenvalue weighted by molar-refractivity contribution is -0.133. The number of benzene rings is 2. The second-order valence-electron chi connectivity index (χ2n) is 10.4. The van der Waals surface area contributed by atoms with E-state index < -0.39 is 17.4 Å². The Morgan fingerprint density at radius 2 is 1.92 bits per heavy atom. The van der Waals surface area contributed by atoms with Crippen molar-refractivity contribution in [1.29, 1.82) is 0 Å². The quantitative estimate of drug-likeness (QED) is 0.404. The van der Waals surface area contributed by atoms with E-state index in [9.17, 15) is 14.0 Å². The number of carbonyl (C=O) groups excluding carboxylic acids is 2. The molecule has 2 aliphatic heterocycles. The van der Waals surface area contributed by atoms with Crippen molar-refractivity contribution < 1.29 is 18.7 Å². The summed E-state index contributed by atoms with van der Waals surface area (Å²) in [7, 11) is 0. The monoisotopic (exact) mass is 519 g/mol. The van der Waals surface area contributed by atoms with E-state index in [1.54, 1.807) is 35.3 Å². The number of halogens is 1. The Morgan fingerprint density at radius 1 is 1.11 bits per heavy atom. The Hall–Kier alpha value is -3.72. The summed E-state index contributed by atoms with van der Waals surface area (Å²) in [6.45, 7) is 8.01. The third-order valence-corrected chi connectivity index (χ3v) is 7.40. The number of anilines is 1. The van der Waals surface area contributed by atoms with E-state index in [-0.39, 0.29) is 24.6 Å². The molecule has 2 fully saturated rings. The summed E-state index contributed by atoms with van der Waals surface area (Å²) in [5, 5.41) is 4.19. The fourth-order valence-electron chi connectivity index (χ4n) is 5.67. The number of imide groups is 1. The van der Waals surface area contributed by atoms with Gasteiger partial charge >= 0.3 is 6.03 Å². The summed E-state index contributed by atoms with van der Waals surface area (Å²) < 4.78 is 21.8. The molecular formula is C29H34FN5O3. The second kappa shape index (κ2) is 10.6. The molecule has 2 aromatic carbocycles. The Morgan fingerprint density at radius 3 is 2.63 bits per heavy atom.